The second-order valence-electron chi connectivity index (χ2n) is 13.5. The zero-order valence-corrected chi connectivity index (χ0v) is 28.3. The van der Waals surface area contributed by atoms with Crippen molar-refractivity contribution in [1.82, 2.24) is 9.13 Å². The van der Waals surface area contributed by atoms with E-state index in [1.165, 1.54) is 88.2 Å². The molecule has 240 valence electrons. The predicted octanol–water partition coefficient (Wildman–Crippen LogP) is 13.2. The Kier molecular flexibility index (Phi) is 6.75. The van der Waals surface area contributed by atoms with E-state index in [0.717, 1.165) is 5.69 Å². The van der Waals surface area contributed by atoms with Gasteiger partial charge in [0.1, 0.15) is 0 Å². The van der Waals surface area contributed by atoms with Crippen molar-refractivity contribution >= 4 is 43.6 Å². The van der Waals surface area contributed by atoms with Crippen LogP contribution in [0.1, 0.15) is 5.56 Å². The van der Waals surface area contributed by atoms with Gasteiger partial charge in [-0.2, -0.15) is 0 Å². The number of hydrogen-bond acceptors (Lipinski definition) is 0. The van der Waals surface area contributed by atoms with Gasteiger partial charge in [-0.1, -0.05) is 127 Å². The van der Waals surface area contributed by atoms with Crippen LogP contribution in [0.2, 0.25) is 0 Å². The van der Waals surface area contributed by atoms with E-state index < -0.39 is 0 Å². The third-order valence-corrected chi connectivity index (χ3v) is 10.4. The first-order valence-corrected chi connectivity index (χ1v) is 17.6. The van der Waals surface area contributed by atoms with E-state index in [0.29, 0.717) is 0 Å². The van der Waals surface area contributed by atoms with E-state index in [4.69, 9.17) is 0 Å². The normalized spacial score (nSPS) is 11.6. The molecule has 0 spiro atoms. The smallest absolute Gasteiger partial charge is 0.0541 e. The molecule has 2 nitrogen and oxygen atoms in total. The Labute approximate surface area is 297 Å². The summed E-state index contributed by atoms with van der Waals surface area (Å²) in [5.74, 6) is 0. The maximum Gasteiger partial charge on any atom is 0.0541 e. The van der Waals surface area contributed by atoms with Crippen LogP contribution in [-0.4, -0.2) is 9.13 Å². The first-order valence-electron chi connectivity index (χ1n) is 17.6. The van der Waals surface area contributed by atoms with Gasteiger partial charge in [0.2, 0.25) is 0 Å². The standard InChI is InChI=1S/C49H34N2/c1-33-18-20-34(21-19-33)36-10-9-11-37(30-36)35-22-26-41(27-23-35)51-47-17-8-6-15-43(47)45-32-39(25-29-49(45)51)38-24-28-48-44(31-38)42-14-5-7-16-46(42)50(48)40-12-3-2-4-13-40/h2-32H,1H3. The molecule has 0 saturated heterocycles. The predicted molar refractivity (Wildman–Crippen MR) is 216 cm³/mol. The topological polar surface area (TPSA) is 9.86 Å². The third kappa shape index (κ3) is 4.87. The molecule has 0 fully saturated rings. The summed E-state index contributed by atoms with van der Waals surface area (Å²) in [6.45, 7) is 2.13. The van der Waals surface area contributed by atoms with E-state index in [-0.39, 0.29) is 0 Å². The fourth-order valence-electron chi connectivity index (χ4n) is 7.87. The van der Waals surface area contributed by atoms with Crippen LogP contribution in [0.3, 0.4) is 0 Å². The molecule has 0 radical (unpaired) electrons. The van der Waals surface area contributed by atoms with Gasteiger partial charge in [-0.05, 0) is 107 Å². The molecule has 8 aromatic carbocycles. The van der Waals surface area contributed by atoms with Gasteiger partial charge in [-0.25, -0.2) is 0 Å². The summed E-state index contributed by atoms with van der Waals surface area (Å²) < 4.78 is 4.77. The number of hydrogen-bond donors (Lipinski definition) is 0. The highest BCUT2D eigenvalue weighted by atomic mass is 15.0. The average molecular weight is 651 g/mol. The maximum atomic E-state index is 2.40. The summed E-state index contributed by atoms with van der Waals surface area (Å²) in [5, 5.41) is 5.04. The van der Waals surface area contributed by atoms with Crippen molar-refractivity contribution in [2.24, 2.45) is 0 Å². The number of nitrogens with zero attached hydrogens (tertiary/aromatic N) is 2. The number of fused-ring (bicyclic) bond motifs is 6. The molecule has 0 aliphatic heterocycles. The number of aromatic nitrogens is 2. The molecule has 2 heteroatoms. The molecule has 10 aromatic rings. The molecule has 51 heavy (non-hydrogen) atoms. The summed E-state index contributed by atoms with van der Waals surface area (Å²) in [7, 11) is 0. The highest BCUT2D eigenvalue weighted by molar-refractivity contribution is 6.12. The Bertz CT molecular complexity index is 2890. The van der Waals surface area contributed by atoms with Gasteiger partial charge in [0.15, 0.2) is 0 Å². The van der Waals surface area contributed by atoms with E-state index in [1.807, 2.05) is 0 Å². The molecule has 0 amide bonds. The lowest BCUT2D eigenvalue weighted by Gasteiger charge is -2.11. The Morgan fingerprint density at radius 2 is 0.686 bits per heavy atom. The second kappa shape index (κ2) is 11.8. The Hall–Kier alpha value is -6.64. The number of aryl methyl sites for hydroxylation is 1. The Balaban J connectivity index is 1.06. The summed E-state index contributed by atoms with van der Waals surface area (Å²) in [4.78, 5) is 0. The minimum atomic E-state index is 1.16. The van der Waals surface area contributed by atoms with Gasteiger partial charge in [0.05, 0.1) is 22.1 Å². The van der Waals surface area contributed by atoms with E-state index in [2.05, 4.69) is 204 Å². The van der Waals surface area contributed by atoms with Crippen LogP contribution < -0.4 is 0 Å². The molecule has 2 aromatic heterocycles. The van der Waals surface area contributed by atoms with Crippen molar-refractivity contribution in [2.45, 2.75) is 6.92 Å². The first kappa shape index (κ1) is 29.3. The van der Waals surface area contributed by atoms with Crippen LogP contribution >= 0.6 is 0 Å². The van der Waals surface area contributed by atoms with Gasteiger partial charge in [-0.15, -0.1) is 0 Å². The maximum absolute atomic E-state index is 2.40. The van der Waals surface area contributed by atoms with Crippen molar-refractivity contribution in [3.8, 4) is 44.8 Å². The lowest BCUT2D eigenvalue weighted by Crippen LogP contribution is -1.94. The SMILES string of the molecule is Cc1ccc(-c2cccc(-c3ccc(-n4c5ccccc5c5cc(-c6ccc7c(c6)c6ccccc6n7-c6ccccc6)ccc54)cc3)c2)cc1. The molecule has 0 N–H and O–H groups in total. The van der Waals surface area contributed by atoms with Crippen LogP contribution in [0.5, 0.6) is 0 Å². The van der Waals surface area contributed by atoms with Gasteiger partial charge in [0.25, 0.3) is 0 Å². The van der Waals surface area contributed by atoms with Crippen molar-refractivity contribution in [1.29, 1.82) is 0 Å². The summed E-state index contributed by atoms with van der Waals surface area (Å²) in [5.41, 5.74) is 15.8. The largest absolute Gasteiger partial charge is 0.309 e. The number of para-hydroxylation sites is 3. The van der Waals surface area contributed by atoms with Gasteiger partial charge < -0.3 is 9.13 Å². The van der Waals surface area contributed by atoms with Crippen LogP contribution in [0.25, 0.3) is 88.4 Å². The van der Waals surface area contributed by atoms with E-state index in [9.17, 15) is 0 Å². The zero-order chi connectivity index (χ0) is 33.9. The molecule has 0 saturated carbocycles. The minimum Gasteiger partial charge on any atom is -0.309 e. The first-order chi connectivity index (χ1) is 25.2. The molecule has 0 aliphatic rings. The summed E-state index contributed by atoms with van der Waals surface area (Å²) in [6, 6.07) is 68.6. The second-order valence-corrected chi connectivity index (χ2v) is 13.5. The molecule has 10 rings (SSSR count). The molecule has 0 bridgehead atoms. The van der Waals surface area contributed by atoms with Crippen LogP contribution in [0.15, 0.2) is 188 Å². The molecule has 0 unspecified atom stereocenters. The third-order valence-electron chi connectivity index (χ3n) is 10.4. The summed E-state index contributed by atoms with van der Waals surface area (Å²) >= 11 is 0. The van der Waals surface area contributed by atoms with Crippen molar-refractivity contribution < 1.29 is 0 Å². The van der Waals surface area contributed by atoms with Gasteiger partial charge >= 0.3 is 0 Å². The number of benzene rings is 8. The van der Waals surface area contributed by atoms with E-state index in [1.54, 1.807) is 0 Å². The number of rotatable bonds is 5. The van der Waals surface area contributed by atoms with E-state index >= 15 is 0 Å². The molecular formula is C49H34N2. The minimum absolute atomic E-state index is 1.16. The molecule has 2 heterocycles. The highest BCUT2D eigenvalue weighted by Crippen LogP contribution is 2.38. The lowest BCUT2D eigenvalue weighted by atomic mass is 9.98. The van der Waals surface area contributed by atoms with Gasteiger partial charge in [0, 0.05) is 32.9 Å². The van der Waals surface area contributed by atoms with Crippen LogP contribution in [0.4, 0.5) is 0 Å². The summed E-state index contributed by atoms with van der Waals surface area (Å²) in [6.07, 6.45) is 0. The Morgan fingerprint density at radius 1 is 0.275 bits per heavy atom. The quantitative estimate of drug-likeness (QED) is 0.175. The molecular weight excluding hydrogens is 617 g/mol. The van der Waals surface area contributed by atoms with Crippen molar-refractivity contribution in [3.63, 3.8) is 0 Å². The van der Waals surface area contributed by atoms with Crippen molar-refractivity contribution in [2.75, 3.05) is 0 Å². The fraction of sp³-hybridized carbons (Fsp3) is 0.0204. The van der Waals surface area contributed by atoms with Crippen LogP contribution in [-0.2, 0) is 0 Å². The van der Waals surface area contributed by atoms with Crippen molar-refractivity contribution in [3.05, 3.63) is 194 Å². The molecule has 0 atom stereocenters. The lowest BCUT2D eigenvalue weighted by molar-refractivity contribution is 1.18. The molecule has 0 aliphatic carbocycles. The zero-order valence-electron chi connectivity index (χ0n) is 28.3. The van der Waals surface area contributed by atoms with Gasteiger partial charge in [-0.3, -0.25) is 0 Å². The van der Waals surface area contributed by atoms with Crippen LogP contribution in [0, 0.1) is 6.92 Å². The monoisotopic (exact) mass is 650 g/mol. The Morgan fingerprint density at radius 3 is 1.24 bits per heavy atom. The average Bonchev–Trinajstić information content (AvgIpc) is 3.71. The highest BCUT2D eigenvalue weighted by Gasteiger charge is 2.16. The fourth-order valence-corrected chi connectivity index (χ4v) is 7.87.